The Morgan fingerprint density at radius 2 is 1.95 bits per heavy atom. The van der Waals surface area contributed by atoms with Gasteiger partial charge in [-0.05, 0) is 19.3 Å². The van der Waals surface area contributed by atoms with Gasteiger partial charge in [0.25, 0.3) is 0 Å². The van der Waals surface area contributed by atoms with Crippen molar-refractivity contribution in [3.63, 3.8) is 0 Å². The van der Waals surface area contributed by atoms with E-state index in [4.69, 9.17) is 9.47 Å². The van der Waals surface area contributed by atoms with Crippen molar-refractivity contribution in [2.45, 2.75) is 39.3 Å². The number of morpholine rings is 1. The predicted octanol–water partition coefficient (Wildman–Crippen LogP) is 0.884. The molecule has 0 amide bonds. The molecule has 1 rings (SSSR count). The van der Waals surface area contributed by atoms with Crippen LogP contribution >= 0.6 is 0 Å². The van der Waals surface area contributed by atoms with Gasteiger partial charge >= 0.3 is 5.97 Å². The van der Waals surface area contributed by atoms with Crippen LogP contribution in [0.1, 0.15) is 27.2 Å². The minimum atomic E-state index is -0.249. The van der Waals surface area contributed by atoms with Crippen molar-refractivity contribution in [2.75, 3.05) is 40.0 Å². The van der Waals surface area contributed by atoms with E-state index in [0.717, 1.165) is 39.3 Å². The fourth-order valence-electron chi connectivity index (χ4n) is 2.42. The second kappa shape index (κ2) is 8.51. The van der Waals surface area contributed by atoms with Crippen LogP contribution in [-0.2, 0) is 14.3 Å². The smallest absolute Gasteiger partial charge is 0.322 e. The van der Waals surface area contributed by atoms with Gasteiger partial charge in [-0.1, -0.05) is 13.8 Å². The largest absolute Gasteiger partial charge is 0.468 e. The summed E-state index contributed by atoms with van der Waals surface area (Å²) < 4.78 is 10.1. The Balaban J connectivity index is 2.46. The number of rotatable bonds is 7. The monoisotopic (exact) mass is 272 g/mol. The van der Waals surface area contributed by atoms with Gasteiger partial charge in [-0.2, -0.15) is 0 Å². The summed E-state index contributed by atoms with van der Waals surface area (Å²) in [4.78, 5) is 13.9. The topological polar surface area (TPSA) is 50.8 Å². The zero-order valence-corrected chi connectivity index (χ0v) is 12.6. The lowest BCUT2D eigenvalue weighted by atomic mass is 10.0. The number of hydrogen-bond donors (Lipinski definition) is 1. The van der Waals surface area contributed by atoms with Crippen LogP contribution in [0, 0.1) is 5.92 Å². The van der Waals surface area contributed by atoms with E-state index < -0.39 is 0 Å². The molecule has 2 unspecified atom stereocenters. The van der Waals surface area contributed by atoms with Gasteiger partial charge in [0.05, 0.1) is 20.3 Å². The van der Waals surface area contributed by atoms with Crippen molar-refractivity contribution >= 4 is 5.97 Å². The molecule has 112 valence electrons. The third-order valence-electron chi connectivity index (χ3n) is 3.52. The van der Waals surface area contributed by atoms with Gasteiger partial charge in [0.2, 0.25) is 0 Å². The van der Waals surface area contributed by atoms with Crippen molar-refractivity contribution in [1.82, 2.24) is 10.2 Å². The number of carbonyl (C=O) groups is 1. The first-order valence-electron chi connectivity index (χ1n) is 7.17. The standard InChI is InChI=1S/C14H28N2O3/c1-11(2)9-13(16-5-7-19-8-6-16)10-15-12(3)14(17)18-4/h11-13,15H,5-10H2,1-4H3. The van der Waals surface area contributed by atoms with Gasteiger partial charge in [-0.15, -0.1) is 0 Å². The molecular formula is C14H28N2O3. The van der Waals surface area contributed by atoms with Crippen LogP contribution in [-0.4, -0.2) is 62.9 Å². The Kier molecular flexibility index (Phi) is 7.34. The molecule has 1 fully saturated rings. The number of methoxy groups -OCH3 is 1. The van der Waals surface area contributed by atoms with Gasteiger partial charge in [0.1, 0.15) is 6.04 Å². The summed E-state index contributed by atoms with van der Waals surface area (Å²) in [5.41, 5.74) is 0. The summed E-state index contributed by atoms with van der Waals surface area (Å²) in [7, 11) is 1.42. The third-order valence-corrected chi connectivity index (χ3v) is 3.52. The van der Waals surface area contributed by atoms with Crippen LogP contribution in [0.2, 0.25) is 0 Å². The van der Waals surface area contributed by atoms with Crippen LogP contribution in [0.15, 0.2) is 0 Å². The van der Waals surface area contributed by atoms with Crippen LogP contribution in [0.5, 0.6) is 0 Å². The van der Waals surface area contributed by atoms with E-state index in [1.165, 1.54) is 7.11 Å². The minimum Gasteiger partial charge on any atom is -0.468 e. The van der Waals surface area contributed by atoms with Gasteiger partial charge in [-0.25, -0.2) is 0 Å². The predicted molar refractivity (Wildman–Crippen MR) is 75.1 cm³/mol. The first-order valence-corrected chi connectivity index (χ1v) is 7.17. The summed E-state index contributed by atoms with van der Waals surface area (Å²) >= 11 is 0. The Morgan fingerprint density at radius 3 is 2.47 bits per heavy atom. The van der Waals surface area contributed by atoms with E-state index in [1.807, 2.05) is 6.92 Å². The average Bonchev–Trinajstić information content (AvgIpc) is 2.42. The van der Waals surface area contributed by atoms with Crippen molar-refractivity contribution in [1.29, 1.82) is 0 Å². The first kappa shape index (κ1) is 16.4. The number of carbonyl (C=O) groups excluding carboxylic acids is 1. The fourth-order valence-corrected chi connectivity index (χ4v) is 2.42. The molecule has 0 aromatic rings. The molecule has 1 aliphatic rings. The minimum absolute atomic E-state index is 0.203. The van der Waals surface area contributed by atoms with Gasteiger partial charge in [0.15, 0.2) is 0 Å². The van der Waals surface area contributed by atoms with Gasteiger partial charge < -0.3 is 14.8 Å². The van der Waals surface area contributed by atoms with Gasteiger partial charge in [0, 0.05) is 25.7 Å². The zero-order valence-electron chi connectivity index (χ0n) is 12.6. The molecule has 1 heterocycles. The lowest BCUT2D eigenvalue weighted by Crippen LogP contribution is -2.50. The SMILES string of the molecule is COC(=O)C(C)NCC(CC(C)C)N1CCOCC1. The maximum Gasteiger partial charge on any atom is 0.322 e. The summed E-state index contributed by atoms with van der Waals surface area (Å²) in [6, 6.07) is 0.205. The molecule has 0 radical (unpaired) electrons. The van der Waals surface area contributed by atoms with E-state index in [1.54, 1.807) is 0 Å². The summed E-state index contributed by atoms with van der Waals surface area (Å²) in [5, 5.41) is 3.28. The van der Waals surface area contributed by atoms with Crippen LogP contribution in [0.25, 0.3) is 0 Å². The lowest BCUT2D eigenvalue weighted by molar-refractivity contribution is -0.142. The highest BCUT2D eigenvalue weighted by atomic mass is 16.5. The quantitative estimate of drug-likeness (QED) is 0.697. The van der Waals surface area contributed by atoms with E-state index in [0.29, 0.717) is 12.0 Å². The van der Waals surface area contributed by atoms with E-state index in [-0.39, 0.29) is 12.0 Å². The van der Waals surface area contributed by atoms with Crippen molar-refractivity contribution < 1.29 is 14.3 Å². The molecule has 0 aromatic carbocycles. The summed E-state index contributed by atoms with van der Waals surface area (Å²) in [6.07, 6.45) is 1.13. The molecule has 0 spiro atoms. The first-order chi connectivity index (χ1) is 9.04. The number of nitrogens with zero attached hydrogens (tertiary/aromatic N) is 1. The molecule has 5 nitrogen and oxygen atoms in total. The van der Waals surface area contributed by atoms with Crippen LogP contribution in [0.4, 0.5) is 0 Å². The number of nitrogens with one attached hydrogen (secondary N) is 1. The highest BCUT2D eigenvalue weighted by Gasteiger charge is 2.23. The van der Waals surface area contributed by atoms with Crippen molar-refractivity contribution in [3.8, 4) is 0 Å². The fraction of sp³-hybridized carbons (Fsp3) is 0.929. The average molecular weight is 272 g/mol. The second-order valence-electron chi connectivity index (χ2n) is 5.58. The van der Waals surface area contributed by atoms with Crippen molar-refractivity contribution in [2.24, 2.45) is 5.92 Å². The highest BCUT2D eigenvalue weighted by molar-refractivity contribution is 5.75. The molecule has 0 aliphatic carbocycles. The van der Waals surface area contributed by atoms with Crippen LogP contribution in [0.3, 0.4) is 0 Å². The highest BCUT2D eigenvalue weighted by Crippen LogP contribution is 2.13. The van der Waals surface area contributed by atoms with E-state index >= 15 is 0 Å². The second-order valence-corrected chi connectivity index (χ2v) is 5.58. The van der Waals surface area contributed by atoms with Gasteiger partial charge in [-0.3, -0.25) is 9.69 Å². The molecule has 1 aliphatic heterocycles. The Labute approximate surface area is 116 Å². The molecule has 19 heavy (non-hydrogen) atoms. The normalized spacial score (nSPS) is 20.3. The Bertz CT molecular complexity index is 265. The molecule has 0 bridgehead atoms. The lowest BCUT2D eigenvalue weighted by Gasteiger charge is -2.36. The molecule has 5 heteroatoms. The maximum absolute atomic E-state index is 11.4. The van der Waals surface area contributed by atoms with Crippen molar-refractivity contribution in [3.05, 3.63) is 0 Å². The van der Waals surface area contributed by atoms with E-state index in [2.05, 4.69) is 24.1 Å². The number of ether oxygens (including phenoxy) is 2. The molecular weight excluding hydrogens is 244 g/mol. The summed E-state index contributed by atoms with van der Waals surface area (Å²) in [5.74, 6) is 0.438. The molecule has 1 N–H and O–H groups in total. The maximum atomic E-state index is 11.4. The number of esters is 1. The van der Waals surface area contributed by atoms with E-state index in [9.17, 15) is 4.79 Å². The zero-order chi connectivity index (χ0) is 14.3. The Hall–Kier alpha value is -0.650. The number of hydrogen-bond acceptors (Lipinski definition) is 5. The molecule has 1 saturated heterocycles. The Morgan fingerprint density at radius 1 is 1.32 bits per heavy atom. The van der Waals surface area contributed by atoms with Crippen LogP contribution < -0.4 is 5.32 Å². The molecule has 0 aromatic heterocycles. The summed E-state index contributed by atoms with van der Waals surface area (Å²) in [6.45, 7) is 10.7. The molecule has 2 atom stereocenters. The molecule has 0 saturated carbocycles. The third kappa shape index (κ3) is 5.89.